The van der Waals surface area contributed by atoms with E-state index >= 15 is 0 Å². The molecule has 6 aliphatic rings. The molecule has 2 bridgehead atoms. The summed E-state index contributed by atoms with van der Waals surface area (Å²) in [6.07, 6.45) is 11.1. The summed E-state index contributed by atoms with van der Waals surface area (Å²) >= 11 is 0. The minimum atomic E-state index is -3.86. The number of carbonyl (C=O) groups excluding carboxylic acids is 4. The monoisotopic (exact) mass is 807 g/mol. The molecule has 8 rings (SSSR count). The lowest BCUT2D eigenvalue weighted by Gasteiger charge is -2.32. The lowest BCUT2D eigenvalue weighted by atomic mass is 9.96. The van der Waals surface area contributed by atoms with E-state index in [1.165, 1.54) is 4.90 Å². The minimum absolute atomic E-state index is 0.0591. The van der Waals surface area contributed by atoms with Crippen molar-refractivity contribution in [2.24, 2.45) is 17.8 Å². The van der Waals surface area contributed by atoms with Gasteiger partial charge in [-0.2, -0.15) is 0 Å². The van der Waals surface area contributed by atoms with Gasteiger partial charge in [0, 0.05) is 11.8 Å². The summed E-state index contributed by atoms with van der Waals surface area (Å²) in [7, 11) is -2.25. The minimum Gasteiger partial charge on any atom is -0.497 e. The fourth-order valence-electron chi connectivity index (χ4n) is 9.95. The molecule has 15 heteroatoms. The van der Waals surface area contributed by atoms with Crippen LogP contribution in [0, 0.1) is 17.8 Å². The summed E-state index contributed by atoms with van der Waals surface area (Å²) in [5, 5.41) is 6.15. The predicted octanol–water partition coefficient (Wildman–Crippen LogP) is 5.06. The highest BCUT2D eigenvalue weighted by Crippen LogP contribution is 2.47. The zero-order valence-electron chi connectivity index (χ0n) is 33.1. The van der Waals surface area contributed by atoms with E-state index in [0.717, 1.165) is 87.2 Å². The number of fused-ring (bicyclic) bond motifs is 5. The number of nitrogens with one attached hydrogen (secondary N) is 3. The molecule has 5 fully saturated rings. The van der Waals surface area contributed by atoms with Gasteiger partial charge in [0.2, 0.25) is 21.8 Å². The Morgan fingerprint density at radius 2 is 1.72 bits per heavy atom. The van der Waals surface area contributed by atoms with Crippen molar-refractivity contribution in [3.05, 3.63) is 30.0 Å². The van der Waals surface area contributed by atoms with E-state index in [4.69, 9.17) is 19.2 Å². The van der Waals surface area contributed by atoms with E-state index < -0.39 is 62.8 Å². The number of methoxy groups -OCH3 is 1. The number of carbonyl (C=O) groups is 4. The Balaban J connectivity index is 1.13. The van der Waals surface area contributed by atoms with Crippen LogP contribution < -0.4 is 24.8 Å². The van der Waals surface area contributed by atoms with Crippen molar-refractivity contribution in [1.29, 1.82) is 0 Å². The maximum atomic E-state index is 14.9. The van der Waals surface area contributed by atoms with E-state index in [9.17, 15) is 27.6 Å². The summed E-state index contributed by atoms with van der Waals surface area (Å²) in [6.45, 7) is 1.96. The molecule has 1 saturated heterocycles. The third-order valence-corrected chi connectivity index (χ3v) is 15.3. The number of alkyl carbamates (subject to hydrolysis) is 1. The Kier molecular flexibility index (Phi) is 11.3. The zero-order chi connectivity index (χ0) is 39.9. The first-order valence-corrected chi connectivity index (χ1v) is 22.8. The van der Waals surface area contributed by atoms with Crippen LogP contribution in [0.1, 0.15) is 115 Å². The summed E-state index contributed by atoms with van der Waals surface area (Å²) < 4.78 is 46.2. The lowest BCUT2D eigenvalue weighted by Crippen LogP contribution is -2.59. The van der Waals surface area contributed by atoms with Crippen molar-refractivity contribution < 1.29 is 41.8 Å². The van der Waals surface area contributed by atoms with Crippen LogP contribution in [0.5, 0.6) is 11.5 Å². The molecule has 3 N–H and O–H groups in total. The molecular formula is C42H57N5O9S. The second-order valence-electron chi connectivity index (χ2n) is 17.3. The van der Waals surface area contributed by atoms with Crippen LogP contribution in [-0.2, 0) is 35.6 Å². The fourth-order valence-corrected chi connectivity index (χ4v) is 11.3. The van der Waals surface area contributed by atoms with Crippen molar-refractivity contribution in [1.82, 2.24) is 25.2 Å². The van der Waals surface area contributed by atoms with Gasteiger partial charge < -0.3 is 29.7 Å². The van der Waals surface area contributed by atoms with Gasteiger partial charge in [0.15, 0.2) is 0 Å². The van der Waals surface area contributed by atoms with Gasteiger partial charge in [0.05, 0.1) is 30.1 Å². The molecular weight excluding hydrogens is 751 g/mol. The highest BCUT2D eigenvalue weighted by molar-refractivity contribution is 7.91. The van der Waals surface area contributed by atoms with Gasteiger partial charge in [0.1, 0.15) is 41.3 Å². The van der Waals surface area contributed by atoms with Crippen LogP contribution in [0.2, 0.25) is 0 Å². The SMILES string of the molecule is CC[C@@H]1C[C@]1(NC(=O)[C@@H]1C[C@@H]2CN1C(=O)[C@H](C1CCCC1)NC(=O)O[C@H]1CCC[C@@H]1CCCCCc1nc3ccc(OC)cc3cc1O2)C(=O)NS(=O)(=O)C1CC1. The van der Waals surface area contributed by atoms with E-state index in [1.54, 1.807) is 7.11 Å². The first kappa shape index (κ1) is 39.7. The molecule has 4 saturated carbocycles. The van der Waals surface area contributed by atoms with Crippen molar-refractivity contribution in [3.8, 4) is 11.5 Å². The molecule has 4 aliphatic carbocycles. The number of aromatic nitrogens is 1. The number of sulfonamides is 1. The number of benzene rings is 1. The van der Waals surface area contributed by atoms with Crippen molar-refractivity contribution in [2.45, 2.75) is 151 Å². The average Bonchev–Trinajstić information content (AvgIpc) is 3.98. The lowest BCUT2D eigenvalue weighted by molar-refractivity contribution is -0.142. The number of aryl methyl sites for hydroxylation is 1. The van der Waals surface area contributed by atoms with Gasteiger partial charge in [-0.3, -0.25) is 19.1 Å². The molecule has 1 aromatic heterocycles. The number of rotatable bonds is 8. The second kappa shape index (κ2) is 16.2. The molecule has 3 heterocycles. The topological polar surface area (TPSA) is 182 Å². The molecule has 2 aromatic rings. The van der Waals surface area contributed by atoms with Gasteiger partial charge in [-0.1, -0.05) is 39.0 Å². The number of hydrogen-bond donors (Lipinski definition) is 3. The van der Waals surface area contributed by atoms with Crippen LogP contribution >= 0.6 is 0 Å². The maximum Gasteiger partial charge on any atom is 0.408 e. The first-order valence-electron chi connectivity index (χ1n) is 21.3. The van der Waals surface area contributed by atoms with Crippen molar-refractivity contribution >= 4 is 44.7 Å². The van der Waals surface area contributed by atoms with E-state index in [2.05, 4.69) is 15.4 Å². The van der Waals surface area contributed by atoms with Gasteiger partial charge in [0.25, 0.3) is 5.91 Å². The first-order chi connectivity index (χ1) is 27.5. The quantitative estimate of drug-likeness (QED) is 0.326. The molecule has 1 aromatic carbocycles. The Bertz CT molecular complexity index is 1980. The van der Waals surface area contributed by atoms with Gasteiger partial charge >= 0.3 is 6.09 Å². The predicted molar refractivity (Wildman–Crippen MR) is 211 cm³/mol. The number of hydrogen-bond acceptors (Lipinski definition) is 10. The summed E-state index contributed by atoms with van der Waals surface area (Å²) in [5.74, 6) is -0.572. The van der Waals surface area contributed by atoms with Crippen LogP contribution in [0.25, 0.3) is 10.9 Å². The van der Waals surface area contributed by atoms with E-state index in [1.807, 2.05) is 31.2 Å². The van der Waals surface area contributed by atoms with E-state index in [-0.39, 0.29) is 43.2 Å². The van der Waals surface area contributed by atoms with E-state index in [0.29, 0.717) is 37.2 Å². The van der Waals surface area contributed by atoms with Gasteiger partial charge in [-0.05, 0) is 113 Å². The molecule has 2 aliphatic heterocycles. The Labute approximate surface area is 334 Å². The highest BCUT2D eigenvalue weighted by atomic mass is 32.2. The fraction of sp³-hybridized carbons (Fsp3) is 0.690. The molecule has 14 nitrogen and oxygen atoms in total. The summed E-state index contributed by atoms with van der Waals surface area (Å²) in [6, 6.07) is 5.70. The zero-order valence-corrected chi connectivity index (χ0v) is 33.9. The van der Waals surface area contributed by atoms with Crippen molar-refractivity contribution in [3.63, 3.8) is 0 Å². The van der Waals surface area contributed by atoms with Gasteiger partial charge in [-0.25, -0.2) is 18.2 Å². The number of pyridine rings is 1. The van der Waals surface area contributed by atoms with Crippen LogP contribution in [0.4, 0.5) is 4.79 Å². The Morgan fingerprint density at radius 3 is 2.46 bits per heavy atom. The van der Waals surface area contributed by atoms with Crippen LogP contribution in [0.3, 0.4) is 0 Å². The molecule has 4 amide bonds. The summed E-state index contributed by atoms with van der Waals surface area (Å²) in [5.41, 5.74) is 0.200. The Morgan fingerprint density at radius 1 is 0.965 bits per heavy atom. The highest BCUT2D eigenvalue weighted by Gasteiger charge is 2.62. The smallest absolute Gasteiger partial charge is 0.408 e. The van der Waals surface area contributed by atoms with Crippen molar-refractivity contribution in [2.75, 3.05) is 13.7 Å². The number of nitrogens with zero attached hydrogens (tertiary/aromatic N) is 2. The van der Waals surface area contributed by atoms with Crippen LogP contribution in [0.15, 0.2) is 24.3 Å². The number of amides is 4. The number of ether oxygens (including phenoxy) is 3. The molecule has 57 heavy (non-hydrogen) atoms. The second-order valence-corrected chi connectivity index (χ2v) is 19.3. The molecule has 0 unspecified atom stereocenters. The molecule has 7 atom stereocenters. The van der Waals surface area contributed by atoms with Crippen LogP contribution in [-0.4, -0.2) is 90.9 Å². The molecule has 310 valence electrons. The molecule has 0 radical (unpaired) electrons. The third-order valence-electron chi connectivity index (χ3n) is 13.5. The largest absolute Gasteiger partial charge is 0.497 e. The standard InChI is InChI=1S/C42H57N5O9S/c1-3-28-23-42(28,40(50)46-57(52,53)31-17-18-31)45-38(48)34-22-30-24-47(34)39(49)37(26-11-7-8-12-26)44-41(51)56-35-15-9-13-25(35)10-5-4-6-14-33-36(55-30)21-27-20-29(54-2)16-19-32(27)43-33/h16,19-21,25-26,28,30-31,34-35,37H,3-15,17-18,22-24H2,1-2H3,(H,44,51)(H,45,48)(H,46,50)/t25-,28+,30+,34-,35-,37-,42+/m0/s1. The maximum absolute atomic E-state index is 14.9. The third kappa shape index (κ3) is 8.40. The average molecular weight is 808 g/mol. The van der Waals surface area contributed by atoms with Gasteiger partial charge in [-0.15, -0.1) is 0 Å². The molecule has 0 spiro atoms. The normalized spacial score (nSPS) is 31.2. The summed E-state index contributed by atoms with van der Waals surface area (Å²) in [4.78, 5) is 63.3. The Hall–Kier alpha value is -4.14.